The summed E-state index contributed by atoms with van der Waals surface area (Å²) in [5.41, 5.74) is 0.554. The van der Waals surface area contributed by atoms with Crippen molar-refractivity contribution in [2.24, 2.45) is 0 Å². The van der Waals surface area contributed by atoms with Crippen LogP contribution in [0.4, 0.5) is 5.13 Å². The smallest absolute Gasteiger partial charge is 0.225 e. The molecule has 25 heavy (non-hydrogen) atoms. The van der Waals surface area contributed by atoms with Crippen LogP contribution in [0, 0.1) is 11.3 Å². The number of allylic oxidation sites excluding steroid dienone is 1. The molecule has 5 nitrogen and oxygen atoms in total. The number of nitrogens with zero attached hydrogens (tertiary/aromatic N) is 3. The number of anilines is 1. The van der Waals surface area contributed by atoms with E-state index >= 15 is 0 Å². The summed E-state index contributed by atoms with van der Waals surface area (Å²) in [6.45, 7) is 3.77. The number of aromatic nitrogens is 1. The number of Topliss-reactive ketones (excluding diaryl/α,β-unsaturated/α-hetero) is 1. The zero-order valence-corrected chi connectivity index (χ0v) is 15.7. The number of carbonyl (C=O) groups excluding carboxylic acids is 2. The van der Waals surface area contributed by atoms with E-state index in [0.717, 1.165) is 0 Å². The molecule has 0 fully saturated rings. The molecule has 8 heteroatoms. The van der Waals surface area contributed by atoms with Crippen molar-refractivity contribution in [3.63, 3.8) is 0 Å². The molecule has 0 saturated heterocycles. The fourth-order valence-corrected chi connectivity index (χ4v) is 3.51. The van der Waals surface area contributed by atoms with E-state index in [-0.39, 0.29) is 17.0 Å². The normalized spacial score (nSPS) is 11.1. The van der Waals surface area contributed by atoms with E-state index in [1.54, 1.807) is 5.38 Å². The number of rotatable bonds is 5. The van der Waals surface area contributed by atoms with Crippen LogP contribution < -0.4 is 4.90 Å². The van der Waals surface area contributed by atoms with Gasteiger partial charge in [0, 0.05) is 34.5 Å². The zero-order valence-electron chi connectivity index (χ0n) is 13.4. The van der Waals surface area contributed by atoms with E-state index in [4.69, 9.17) is 23.2 Å². The lowest BCUT2D eigenvalue weighted by atomic mass is 10.0. The van der Waals surface area contributed by atoms with E-state index in [1.807, 2.05) is 13.0 Å². The molecule has 0 aliphatic carbocycles. The van der Waals surface area contributed by atoms with Crippen molar-refractivity contribution in [3.8, 4) is 6.07 Å². The zero-order chi connectivity index (χ0) is 18.6. The highest BCUT2D eigenvalue weighted by molar-refractivity contribution is 7.14. The molecule has 0 unspecified atom stereocenters. The largest absolute Gasteiger partial charge is 0.289 e. The van der Waals surface area contributed by atoms with Gasteiger partial charge in [-0.1, -0.05) is 23.2 Å². The van der Waals surface area contributed by atoms with Crippen molar-refractivity contribution in [2.75, 3.05) is 11.4 Å². The van der Waals surface area contributed by atoms with Gasteiger partial charge < -0.3 is 0 Å². The van der Waals surface area contributed by atoms with Gasteiger partial charge in [0.1, 0.15) is 11.6 Å². The van der Waals surface area contributed by atoms with Crippen molar-refractivity contribution in [1.82, 2.24) is 4.98 Å². The van der Waals surface area contributed by atoms with E-state index in [9.17, 15) is 14.9 Å². The third-order valence-electron chi connectivity index (χ3n) is 3.22. The highest BCUT2D eigenvalue weighted by atomic mass is 35.5. The van der Waals surface area contributed by atoms with Crippen LogP contribution in [-0.4, -0.2) is 23.2 Å². The van der Waals surface area contributed by atoms with Gasteiger partial charge in [0.25, 0.3) is 0 Å². The highest BCUT2D eigenvalue weighted by Crippen LogP contribution is 2.24. The van der Waals surface area contributed by atoms with Gasteiger partial charge in [-0.2, -0.15) is 5.26 Å². The molecule has 0 bridgehead atoms. The Labute approximate surface area is 159 Å². The van der Waals surface area contributed by atoms with Gasteiger partial charge in [-0.25, -0.2) is 4.98 Å². The number of carbonyl (C=O) groups is 2. The molecule has 0 N–H and O–H groups in total. The summed E-state index contributed by atoms with van der Waals surface area (Å²) >= 11 is 13.1. The van der Waals surface area contributed by atoms with E-state index in [1.165, 1.54) is 47.4 Å². The molecule has 0 aliphatic rings. The summed E-state index contributed by atoms with van der Waals surface area (Å²) in [5, 5.41) is 12.1. The molecule has 1 amide bonds. The highest BCUT2D eigenvalue weighted by Gasteiger charge is 2.16. The summed E-state index contributed by atoms with van der Waals surface area (Å²) in [6, 6.07) is 6.27. The molecule has 0 spiro atoms. The van der Waals surface area contributed by atoms with Gasteiger partial charge >= 0.3 is 0 Å². The van der Waals surface area contributed by atoms with Crippen molar-refractivity contribution in [2.45, 2.75) is 13.8 Å². The monoisotopic (exact) mass is 393 g/mol. The second-order valence-electron chi connectivity index (χ2n) is 4.98. The maximum absolute atomic E-state index is 12.5. The fourth-order valence-electron chi connectivity index (χ4n) is 2.10. The molecule has 2 aromatic rings. The summed E-state index contributed by atoms with van der Waals surface area (Å²) in [4.78, 5) is 29.9. The average molecular weight is 394 g/mol. The van der Waals surface area contributed by atoms with Crippen LogP contribution in [0.1, 0.15) is 29.9 Å². The Bertz CT molecular complexity index is 879. The lowest BCUT2D eigenvalue weighted by Gasteiger charge is -2.14. The van der Waals surface area contributed by atoms with Gasteiger partial charge in [-0.15, -0.1) is 11.3 Å². The Hall–Kier alpha value is -2.20. The molecule has 0 aliphatic heterocycles. The molecule has 0 atom stereocenters. The Balaban J connectivity index is 2.35. The first-order chi connectivity index (χ1) is 11.8. The summed E-state index contributed by atoms with van der Waals surface area (Å²) in [5.74, 6) is -0.627. The van der Waals surface area contributed by atoms with E-state index in [2.05, 4.69) is 4.98 Å². The Morgan fingerprint density at radius 2 is 1.96 bits per heavy atom. The standard InChI is InChI=1S/C17H13Cl2N3O2S/c1-3-22(10(2)23)17-21-15(9-25-17)6-12(8-20)16(24)11-4-13(18)7-14(19)5-11/h4-7,9H,3H2,1-2H3/b12-6+. The SMILES string of the molecule is CCN(C(C)=O)c1nc(/C=C(\C#N)C(=O)c2cc(Cl)cc(Cl)c2)cs1. The summed E-state index contributed by atoms with van der Waals surface area (Å²) < 4.78 is 0. The van der Waals surface area contributed by atoms with Gasteiger partial charge in [0.2, 0.25) is 11.7 Å². The molecule has 1 heterocycles. The maximum atomic E-state index is 12.5. The van der Waals surface area contributed by atoms with Crippen molar-refractivity contribution >= 4 is 57.4 Å². The van der Waals surface area contributed by atoms with Crippen LogP contribution in [0.25, 0.3) is 6.08 Å². The minimum absolute atomic E-state index is 0.0962. The van der Waals surface area contributed by atoms with Gasteiger partial charge in [0.05, 0.1) is 5.69 Å². The number of nitriles is 1. The first-order valence-corrected chi connectivity index (χ1v) is 8.85. The molecule has 1 aromatic heterocycles. The third kappa shape index (κ3) is 4.67. The number of amides is 1. The van der Waals surface area contributed by atoms with E-state index < -0.39 is 5.78 Å². The lowest BCUT2D eigenvalue weighted by Crippen LogP contribution is -2.27. The maximum Gasteiger partial charge on any atom is 0.225 e. The molecule has 0 radical (unpaired) electrons. The van der Waals surface area contributed by atoms with Gasteiger partial charge in [-0.05, 0) is 31.2 Å². The van der Waals surface area contributed by atoms with Crippen molar-refractivity contribution < 1.29 is 9.59 Å². The minimum atomic E-state index is -0.500. The van der Waals surface area contributed by atoms with E-state index in [0.29, 0.717) is 27.4 Å². The third-order valence-corrected chi connectivity index (χ3v) is 4.54. The first-order valence-electron chi connectivity index (χ1n) is 7.22. The number of hydrogen-bond donors (Lipinski definition) is 0. The molecule has 128 valence electrons. The molecule has 1 aromatic carbocycles. The molecule has 0 saturated carbocycles. The quantitative estimate of drug-likeness (QED) is 0.422. The van der Waals surface area contributed by atoms with Gasteiger partial charge in [-0.3, -0.25) is 14.5 Å². The van der Waals surface area contributed by atoms with Crippen molar-refractivity contribution in [3.05, 3.63) is 50.5 Å². The number of hydrogen-bond acceptors (Lipinski definition) is 5. The Morgan fingerprint density at radius 1 is 1.32 bits per heavy atom. The van der Waals surface area contributed by atoms with Crippen LogP contribution in [0.2, 0.25) is 10.0 Å². The van der Waals surface area contributed by atoms with Crippen LogP contribution in [0.3, 0.4) is 0 Å². The molecular weight excluding hydrogens is 381 g/mol. The second-order valence-corrected chi connectivity index (χ2v) is 6.68. The predicted molar refractivity (Wildman–Crippen MR) is 100 cm³/mol. The van der Waals surface area contributed by atoms with Crippen LogP contribution >= 0.6 is 34.5 Å². The number of ketones is 1. The Kier molecular flexibility index (Phi) is 6.32. The predicted octanol–water partition coefficient (Wildman–Crippen LogP) is 4.61. The number of benzene rings is 1. The summed E-state index contributed by atoms with van der Waals surface area (Å²) in [6.07, 6.45) is 1.38. The fraction of sp³-hybridized carbons (Fsp3) is 0.176. The lowest BCUT2D eigenvalue weighted by molar-refractivity contribution is -0.116. The van der Waals surface area contributed by atoms with Crippen LogP contribution in [0.5, 0.6) is 0 Å². The first kappa shape index (κ1) is 19.1. The summed E-state index contributed by atoms with van der Waals surface area (Å²) in [7, 11) is 0. The minimum Gasteiger partial charge on any atom is -0.289 e. The van der Waals surface area contributed by atoms with Crippen LogP contribution in [-0.2, 0) is 4.79 Å². The number of halogens is 2. The topological polar surface area (TPSA) is 74.1 Å². The number of thiazole rings is 1. The average Bonchev–Trinajstić information content (AvgIpc) is 2.99. The molecular formula is C17H13Cl2N3O2S. The second kappa shape index (κ2) is 8.26. The van der Waals surface area contributed by atoms with Crippen LogP contribution in [0.15, 0.2) is 29.2 Å². The van der Waals surface area contributed by atoms with Gasteiger partial charge in [0.15, 0.2) is 5.13 Å². The van der Waals surface area contributed by atoms with Crippen molar-refractivity contribution in [1.29, 1.82) is 5.26 Å². The Morgan fingerprint density at radius 3 is 2.48 bits per heavy atom. The molecule has 2 rings (SSSR count).